The van der Waals surface area contributed by atoms with Gasteiger partial charge in [0.15, 0.2) is 5.82 Å². The lowest BCUT2D eigenvalue weighted by Crippen LogP contribution is -2.36. The van der Waals surface area contributed by atoms with Gasteiger partial charge in [-0.05, 0) is 26.0 Å². The molecule has 1 aliphatic rings. The number of hydrogen-bond acceptors (Lipinski definition) is 9. The number of amides is 1. The van der Waals surface area contributed by atoms with Crippen LogP contribution in [0.4, 0.5) is 5.82 Å². The van der Waals surface area contributed by atoms with Gasteiger partial charge < -0.3 is 15.6 Å². The summed E-state index contributed by atoms with van der Waals surface area (Å²) in [6.07, 6.45) is 0.729. The Morgan fingerprint density at radius 1 is 1.35 bits per heavy atom. The summed E-state index contributed by atoms with van der Waals surface area (Å²) < 4.78 is 5.87. The number of rotatable bonds is 7. The van der Waals surface area contributed by atoms with E-state index in [9.17, 15) is 9.90 Å². The lowest BCUT2D eigenvalue weighted by atomic mass is 9.83. The van der Waals surface area contributed by atoms with Crippen molar-refractivity contribution in [3.05, 3.63) is 35.4 Å². The highest BCUT2D eigenvalue weighted by Crippen LogP contribution is 2.33. The zero-order chi connectivity index (χ0) is 22.6. The van der Waals surface area contributed by atoms with Gasteiger partial charge in [-0.25, -0.2) is 10.5 Å². The zero-order valence-electron chi connectivity index (χ0n) is 17.1. The first-order valence-corrected chi connectivity index (χ1v) is 9.59. The van der Waals surface area contributed by atoms with Gasteiger partial charge >= 0.3 is 0 Å². The smallest absolute Gasteiger partial charge is 0.284 e. The number of hydroxylamine groups is 1. The minimum absolute atomic E-state index is 0.0457. The molecule has 10 heteroatoms. The molecule has 0 unspecified atom stereocenters. The number of hydrogen-bond donors (Lipinski definition) is 3. The molecule has 0 saturated heterocycles. The van der Waals surface area contributed by atoms with Crippen molar-refractivity contribution in [2.75, 3.05) is 12.3 Å². The van der Waals surface area contributed by atoms with Gasteiger partial charge in [-0.15, -0.1) is 0 Å². The zero-order valence-corrected chi connectivity index (χ0v) is 17.1. The van der Waals surface area contributed by atoms with Crippen molar-refractivity contribution >= 4 is 11.7 Å². The number of ether oxygens (including phenoxy) is 1. The predicted octanol–water partition coefficient (Wildman–Crippen LogP) is 1.71. The van der Waals surface area contributed by atoms with Crippen molar-refractivity contribution in [1.82, 2.24) is 15.4 Å². The summed E-state index contributed by atoms with van der Waals surface area (Å²) in [5.41, 5.74) is 7.96. The summed E-state index contributed by atoms with van der Waals surface area (Å²) in [6.45, 7) is 2.90. The molecule has 0 spiro atoms. The Hall–Kier alpha value is -3.73. The Kier molecular flexibility index (Phi) is 6.35. The largest absolute Gasteiger partial charge is 0.474 e. The molecule has 0 atom stereocenters. The van der Waals surface area contributed by atoms with E-state index >= 15 is 0 Å². The SMILES string of the molecule is CC(C)(O)CONC(=O)c1c(N)nc(-c2cccc(C#N)c2)nc1O[C@H]1C[C@H](C#N)C1. The van der Waals surface area contributed by atoms with Gasteiger partial charge in [0.2, 0.25) is 5.88 Å². The standard InChI is InChI=1S/C21H22N6O4/c1-21(2,29)11-30-27-19(28)16-17(24)25-18(14-5-3-4-12(6-14)9-22)26-20(16)31-15-7-13(8-15)10-23/h3-6,13,15,29H,7-8,11H2,1-2H3,(H,27,28)(H2,24,25,26)/t13-,15-. The van der Waals surface area contributed by atoms with Crippen LogP contribution >= 0.6 is 0 Å². The van der Waals surface area contributed by atoms with Crippen LogP contribution < -0.4 is 16.0 Å². The molecular weight excluding hydrogens is 400 g/mol. The molecule has 31 heavy (non-hydrogen) atoms. The van der Waals surface area contributed by atoms with E-state index in [0.29, 0.717) is 24.0 Å². The van der Waals surface area contributed by atoms with Gasteiger partial charge in [0.25, 0.3) is 5.91 Å². The normalized spacial score (nSPS) is 17.7. The Labute approximate surface area is 179 Å². The van der Waals surface area contributed by atoms with E-state index in [1.54, 1.807) is 24.3 Å². The Morgan fingerprint density at radius 3 is 2.74 bits per heavy atom. The first-order valence-electron chi connectivity index (χ1n) is 9.59. The fraction of sp³-hybridized carbons (Fsp3) is 0.381. The predicted molar refractivity (Wildman–Crippen MR) is 109 cm³/mol. The highest BCUT2D eigenvalue weighted by atomic mass is 16.7. The van der Waals surface area contributed by atoms with Crippen LogP contribution in [-0.2, 0) is 4.84 Å². The number of nitrogens with one attached hydrogen (secondary N) is 1. The molecule has 0 radical (unpaired) electrons. The number of carbonyl (C=O) groups excluding carboxylic acids is 1. The molecule has 160 valence electrons. The molecule has 3 rings (SSSR count). The quantitative estimate of drug-likeness (QED) is 0.563. The molecule has 1 aromatic heterocycles. The molecule has 1 fully saturated rings. The van der Waals surface area contributed by atoms with E-state index < -0.39 is 11.5 Å². The second-order valence-corrected chi connectivity index (χ2v) is 7.87. The third-order valence-corrected chi connectivity index (χ3v) is 4.53. The lowest BCUT2D eigenvalue weighted by molar-refractivity contribution is -0.0523. The number of nitriles is 2. The van der Waals surface area contributed by atoms with Crippen molar-refractivity contribution in [3.8, 4) is 29.4 Å². The topological polar surface area (TPSA) is 167 Å². The molecule has 2 aromatic rings. The van der Waals surface area contributed by atoms with E-state index in [0.717, 1.165) is 0 Å². The van der Waals surface area contributed by atoms with Crippen LogP contribution in [-0.4, -0.2) is 39.3 Å². The second kappa shape index (κ2) is 8.96. The highest BCUT2D eigenvalue weighted by Gasteiger charge is 2.33. The van der Waals surface area contributed by atoms with Crippen LogP contribution in [0.3, 0.4) is 0 Å². The summed E-state index contributed by atoms with van der Waals surface area (Å²) >= 11 is 0. The first-order chi connectivity index (χ1) is 14.7. The molecule has 0 bridgehead atoms. The minimum atomic E-state index is -1.15. The molecule has 1 heterocycles. The summed E-state index contributed by atoms with van der Waals surface area (Å²) in [4.78, 5) is 26.3. The number of carbonyl (C=O) groups is 1. The molecule has 4 N–H and O–H groups in total. The third kappa shape index (κ3) is 5.45. The van der Waals surface area contributed by atoms with E-state index in [1.807, 2.05) is 6.07 Å². The molecule has 1 saturated carbocycles. The van der Waals surface area contributed by atoms with E-state index in [2.05, 4.69) is 21.5 Å². The van der Waals surface area contributed by atoms with Crippen molar-refractivity contribution in [2.45, 2.75) is 38.4 Å². The summed E-state index contributed by atoms with van der Waals surface area (Å²) in [5, 5.41) is 27.8. The number of nitrogens with two attached hydrogens (primary N) is 1. The molecular formula is C21H22N6O4. The average molecular weight is 422 g/mol. The van der Waals surface area contributed by atoms with Crippen LogP contribution in [0.1, 0.15) is 42.6 Å². The first kappa shape index (κ1) is 22.0. The number of nitrogens with zero attached hydrogens (tertiary/aromatic N) is 4. The number of aromatic nitrogens is 2. The van der Waals surface area contributed by atoms with Crippen molar-refractivity contribution in [2.24, 2.45) is 5.92 Å². The molecule has 1 aromatic carbocycles. The van der Waals surface area contributed by atoms with Gasteiger partial charge in [-0.1, -0.05) is 12.1 Å². The Morgan fingerprint density at radius 2 is 2.10 bits per heavy atom. The molecule has 1 amide bonds. The van der Waals surface area contributed by atoms with E-state index in [-0.39, 0.29) is 41.7 Å². The molecule has 1 aliphatic carbocycles. The van der Waals surface area contributed by atoms with E-state index in [4.69, 9.17) is 25.8 Å². The van der Waals surface area contributed by atoms with Gasteiger partial charge in [-0.2, -0.15) is 15.5 Å². The third-order valence-electron chi connectivity index (χ3n) is 4.53. The van der Waals surface area contributed by atoms with E-state index in [1.165, 1.54) is 13.8 Å². The highest BCUT2D eigenvalue weighted by molar-refractivity contribution is 6.00. The fourth-order valence-electron chi connectivity index (χ4n) is 2.87. The summed E-state index contributed by atoms with van der Waals surface area (Å²) in [5.74, 6) is -0.832. The number of nitrogen functional groups attached to an aromatic ring is 1. The minimum Gasteiger partial charge on any atom is -0.474 e. The van der Waals surface area contributed by atoms with Crippen molar-refractivity contribution < 1.29 is 19.5 Å². The fourth-order valence-corrected chi connectivity index (χ4v) is 2.87. The maximum Gasteiger partial charge on any atom is 0.284 e. The lowest BCUT2D eigenvalue weighted by Gasteiger charge is -2.31. The van der Waals surface area contributed by atoms with Crippen LogP contribution in [0.2, 0.25) is 0 Å². The Balaban J connectivity index is 1.92. The van der Waals surface area contributed by atoms with Gasteiger partial charge in [0.1, 0.15) is 24.1 Å². The monoisotopic (exact) mass is 422 g/mol. The van der Waals surface area contributed by atoms with Gasteiger partial charge in [0.05, 0.1) is 29.2 Å². The molecule has 10 nitrogen and oxygen atoms in total. The van der Waals surface area contributed by atoms with Crippen LogP contribution in [0, 0.1) is 28.6 Å². The summed E-state index contributed by atoms with van der Waals surface area (Å²) in [7, 11) is 0. The van der Waals surface area contributed by atoms with Crippen LogP contribution in [0.5, 0.6) is 5.88 Å². The van der Waals surface area contributed by atoms with Crippen molar-refractivity contribution in [3.63, 3.8) is 0 Å². The van der Waals surface area contributed by atoms with Crippen molar-refractivity contribution in [1.29, 1.82) is 10.5 Å². The van der Waals surface area contributed by atoms with Gasteiger partial charge in [0, 0.05) is 18.4 Å². The number of aliphatic hydroxyl groups is 1. The van der Waals surface area contributed by atoms with Gasteiger partial charge in [-0.3, -0.25) is 9.63 Å². The van der Waals surface area contributed by atoms with Crippen LogP contribution in [0.25, 0.3) is 11.4 Å². The number of anilines is 1. The summed E-state index contributed by atoms with van der Waals surface area (Å²) in [6, 6.07) is 10.8. The second-order valence-electron chi connectivity index (χ2n) is 7.87. The number of benzene rings is 1. The average Bonchev–Trinajstić information content (AvgIpc) is 2.68. The van der Waals surface area contributed by atoms with Crippen LogP contribution in [0.15, 0.2) is 24.3 Å². The molecule has 0 aliphatic heterocycles. The Bertz CT molecular complexity index is 1060. The maximum absolute atomic E-state index is 12.7. The maximum atomic E-state index is 12.7.